The highest BCUT2D eigenvalue weighted by molar-refractivity contribution is 5.73. The smallest absolute Gasteiger partial charge is 0.179 e. The number of imidazole rings is 1. The molecule has 0 aliphatic carbocycles. The van der Waals surface area contributed by atoms with Gasteiger partial charge in [-0.15, -0.1) is 0 Å². The second-order valence-electron chi connectivity index (χ2n) is 5.17. The van der Waals surface area contributed by atoms with Crippen molar-refractivity contribution in [2.45, 2.75) is 12.3 Å². The summed E-state index contributed by atoms with van der Waals surface area (Å²) in [5, 5.41) is 3.04. The minimum Gasteiger partial charge on any atom is -0.493 e. The van der Waals surface area contributed by atoms with Gasteiger partial charge in [-0.25, -0.2) is 9.97 Å². The van der Waals surface area contributed by atoms with Crippen molar-refractivity contribution in [3.63, 3.8) is 0 Å². The molecule has 1 aromatic carbocycles. The lowest BCUT2D eigenvalue weighted by Gasteiger charge is -2.24. The third-order valence-corrected chi connectivity index (χ3v) is 3.91. The largest absolute Gasteiger partial charge is 0.493 e. The summed E-state index contributed by atoms with van der Waals surface area (Å²) < 4.78 is 5.72. The molecule has 2 aromatic heterocycles. The normalized spacial score (nSPS) is 17.3. The number of para-hydroxylation sites is 1. The maximum Gasteiger partial charge on any atom is 0.179 e. The van der Waals surface area contributed by atoms with Crippen LogP contribution in [0.4, 0.5) is 5.82 Å². The van der Waals surface area contributed by atoms with Gasteiger partial charge in [0.1, 0.15) is 17.4 Å². The van der Waals surface area contributed by atoms with Crippen LogP contribution in [0.15, 0.2) is 36.4 Å². The number of nitrogens with one attached hydrogen (secondary N) is 2. The van der Waals surface area contributed by atoms with Crippen molar-refractivity contribution in [3.05, 3.63) is 47.8 Å². The first kappa shape index (κ1) is 12.2. The summed E-state index contributed by atoms with van der Waals surface area (Å²) in [5.74, 6) is 2.98. The van der Waals surface area contributed by atoms with Crippen molar-refractivity contribution in [1.29, 1.82) is 0 Å². The van der Waals surface area contributed by atoms with E-state index in [4.69, 9.17) is 4.74 Å². The van der Waals surface area contributed by atoms with Crippen LogP contribution in [0, 0.1) is 0 Å². The minimum absolute atomic E-state index is 0.238. The molecule has 3 heterocycles. The van der Waals surface area contributed by atoms with Gasteiger partial charge in [0.05, 0.1) is 12.1 Å². The highest BCUT2D eigenvalue weighted by Gasteiger charge is 2.25. The number of pyridine rings is 1. The summed E-state index contributed by atoms with van der Waals surface area (Å²) in [7, 11) is 1.86. The van der Waals surface area contributed by atoms with Gasteiger partial charge in [0.25, 0.3) is 0 Å². The molecule has 0 fully saturated rings. The molecular formula is C16H16N4O. The van der Waals surface area contributed by atoms with Crippen LogP contribution in [0.3, 0.4) is 0 Å². The second kappa shape index (κ2) is 4.77. The molecule has 4 rings (SSSR count). The van der Waals surface area contributed by atoms with Crippen molar-refractivity contribution in [1.82, 2.24) is 15.0 Å². The van der Waals surface area contributed by atoms with E-state index in [-0.39, 0.29) is 5.92 Å². The van der Waals surface area contributed by atoms with Crippen LogP contribution in [0.25, 0.3) is 11.2 Å². The predicted octanol–water partition coefficient (Wildman–Crippen LogP) is 2.91. The summed E-state index contributed by atoms with van der Waals surface area (Å²) in [6, 6.07) is 12.1. The maximum absolute atomic E-state index is 5.72. The molecular weight excluding hydrogens is 264 g/mol. The molecule has 0 saturated heterocycles. The average Bonchev–Trinajstić information content (AvgIpc) is 2.97. The Morgan fingerprint density at radius 3 is 3.00 bits per heavy atom. The van der Waals surface area contributed by atoms with Gasteiger partial charge in [0, 0.05) is 18.5 Å². The van der Waals surface area contributed by atoms with Crippen molar-refractivity contribution >= 4 is 17.0 Å². The zero-order valence-corrected chi connectivity index (χ0v) is 11.8. The van der Waals surface area contributed by atoms with Gasteiger partial charge in [-0.05, 0) is 24.6 Å². The predicted molar refractivity (Wildman–Crippen MR) is 81.8 cm³/mol. The number of rotatable bonds is 2. The van der Waals surface area contributed by atoms with E-state index in [1.54, 1.807) is 0 Å². The summed E-state index contributed by atoms with van der Waals surface area (Å²) in [6.07, 6.45) is 0.926. The van der Waals surface area contributed by atoms with Gasteiger partial charge in [-0.1, -0.05) is 18.2 Å². The number of hydrogen-bond acceptors (Lipinski definition) is 4. The van der Waals surface area contributed by atoms with Gasteiger partial charge in [0.15, 0.2) is 5.65 Å². The molecule has 5 nitrogen and oxygen atoms in total. The Hall–Kier alpha value is -2.56. The number of aromatic amines is 1. The standard InChI is InChI=1S/C16H16N4O/c1-17-14-7-6-12-16(19-14)20-15(18-12)11-8-9-21-13-5-3-2-4-10(11)13/h2-7,11H,8-9H2,1H3,(H2,17,18,19,20). The number of aromatic nitrogens is 3. The Balaban J connectivity index is 1.80. The van der Waals surface area contributed by atoms with Gasteiger partial charge in [-0.2, -0.15) is 0 Å². The van der Waals surface area contributed by atoms with Gasteiger partial charge < -0.3 is 15.0 Å². The summed E-state index contributed by atoms with van der Waals surface area (Å²) in [4.78, 5) is 12.6. The van der Waals surface area contributed by atoms with E-state index < -0.39 is 0 Å². The Kier molecular flexibility index (Phi) is 2.77. The molecule has 0 amide bonds. The third-order valence-electron chi connectivity index (χ3n) is 3.91. The molecule has 5 heteroatoms. The van der Waals surface area contributed by atoms with E-state index in [2.05, 4.69) is 26.3 Å². The number of H-pyrrole nitrogens is 1. The lowest BCUT2D eigenvalue weighted by atomic mass is 9.92. The molecule has 0 radical (unpaired) electrons. The number of anilines is 1. The van der Waals surface area contributed by atoms with Crippen molar-refractivity contribution in [2.75, 3.05) is 19.0 Å². The number of hydrogen-bond donors (Lipinski definition) is 2. The van der Waals surface area contributed by atoms with E-state index in [1.165, 1.54) is 5.56 Å². The zero-order chi connectivity index (χ0) is 14.2. The maximum atomic E-state index is 5.72. The molecule has 1 aliphatic rings. The first-order valence-electron chi connectivity index (χ1n) is 7.11. The molecule has 0 saturated carbocycles. The number of ether oxygens (including phenoxy) is 1. The van der Waals surface area contributed by atoms with Crippen LogP contribution in [-0.4, -0.2) is 28.6 Å². The van der Waals surface area contributed by atoms with E-state index in [0.717, 1.165) is 35.0 Å². The molecule has 0 bridgehead atoms. The number of fused-ring (bicyclic) bond motifs is 2. The van der Waals surface area contributed by atoms with Crippen molar-refractivity contribution in [2.24, 2.45) is 0 Å². The number of benzene rings is 1. The lowest BCUT2D eigenvalue weighted by molar-refractivity contribution is 0.275. The molecule has 2 N–H and O–H groups in total. The minimum atomic E-state index is 0.238. The zero-order valence-electron chi connectivity index (χ0n) is 11.8. The average molecular weight is 280 g/mol. The van der Waals surface area contributed by atoms with Crippen LogP contribution in [0.1, 0.15) is 23.7 Å². The molecule has 0 spiro atoms. The van der Waals surface area contributed by atoms with E-state index >= 15 is 0 Å². The molecule has 106 valence electrons. The van der Waals surface area contributed by atoms with Crippen LogP contribution in [0.5, 0.6) is 5.75 Å². The van der Waals surface area contributed by atoms with Crippen molar-refractivity contribution in [3.8, 4) is 5.75 Å². The molecule has 21 heavy (non-hydrogen) atoms. The van der Waals surface area contributed by atoms with E-state index in [1.807, 2.05) is 37.4 Å². The topological polar surface area (TPSA) is 62.8 Å². The fraction of sp³-hybridized carbons (Fsp3) is 0.250. The van der Waals surface area contributed by atoms with E-state index in [9.17, 15) is 0 Å². The Morgan fingerprint density at radius 2 is 2.10 bits per heavy atom. The Morgan fingerprint density at radius 1 is 1.19 bits per heavy atom. The van der Waals surface area contributed by atoms with Crippen LogP contribution >= 0.6 is 0 Å². The van der Waals surface area contributed by atoms with Gasteiger partial charge in [-0.3, -0.25) is 0 Å². The van der Waals surface area contributed by atoms with Crippen LogP contribution in [-0.2, 0) is 0 Å². The Labute approximate surface area is 122 Å². The Bertz CT molecular complexity index is 796. The van der Waals surface area contributed by atoms with Crippen LogP contribution in [0.2, 0.25) is 0 Å². The first-order chi connectivity index (χ1) is 10.3. The molecule has 1 atom stereocenters. The summed E-state index contributed by atoms with van der Waals surface area (Å²) in [6.45, 7) is 0.716. The molecule has 3 aromatic rings. The fourth-order valence-corrected chi connectivity index (χ4v) is 2.84. The molecule has 1 aliphatic heterocycles. The first-order valence-corrected chi connectivity index (χ1v) is 7.11. The summed E-state index contributed by atoms with van der Waals surface area (Å²) >= 11 is 0. The monoisotopic (exact) mass is 280 g/mol. The summed E-state index contributed by atoms with van der Waals surface area (Å²) in [5.41, 5.74) is 2.91. The second-order valence-corrected chi connectivity index (χ2v) is 5.17. The third kappa shape index (κ3) is 2.01. The molecule has 1 unspecified atom stereocenters. The lowest BCUT2D eigenvalue weighted by Crippen LogP contribution is -2.16. The van der Waals surface area contributed by atoms with Crippen LogP contribution < -0.4 is 10.1 Å². The highest BCUT2D eigenvalue weighted by atomic mass is 16.5. The van der Waals surface area contributed by atoms with Gasteiger partial charge in [0.2, 0.25) is 0 Å². The fourth-order valence-electron chi connectivity index (χ4n) is 2.84. The number of nitrogens with zero attached hydrogens (tertiary/aromatic N) is 2. The SMILES string of the molecule is CNc1ccc2[nH]c(C3CCOc4ccccc43)nc2n1. The van der Waals surface area contributed by atoms with Gasteiger partial charge >= 0.3 is 0 Å². The quantitative estimate of drug-likeness (QED) is 0.757. The van der Waals surface area contributed by atoms with Crippen molar-refractivity contribution < 1.29 is 4.74 Å². The highest BCUT2D eigenvalue weighted by Crippen LogP contribution is 2.37. The van der Waals surface area contributed by atoms with E-state index in [0.29, 0.717) is 6.61 Å².